The average molecular weight is 272 g/mol. The fraction of sp³-hybridized carbons (Fsp3) is 0.300. The molecular weight excluding hydrogens is 261 g/mol. The van der Waals surface area contributed by atoms with Crippen LogP contribution in [0.2, 0.25) is 0 Å². The molecule has 2 rings (SSSR count). The Morgan fingerprint density at radius 2 is 2.33 bits per heavy atom. The molecule has 0 saturated heterocycles. The summed E-state index contributed by atoms with van der Waals surface area (Å²) in [6.07, 6.45) is 2.13. The summed E-state index contributed by atoms with van der Waals surface area (Å²) in [6, 6.07) is 1.41. The Morgan fingerprint density at radius 1 is 1.60 bits per heavy atom. The van der Waals surface area contributed by atoms with Crippen molar-refractivity contribution in [2.45, 2.75) is 13.3 Å². The number of nitrogens with zero attached hydrogens (tertiary/aromatic N) is 2. The summed E-state index contributed by atoms with van der Waals surface area (Å²) in [4.78, 5) is 4.37. The highest BCUT2D eigenvalue weighted by atomic mass is 79.9. The van der Waals surface area contributed by atoms with Gasteiger partial charge in [0.1, 0.15) is 5.82 Å². The van der Waals surface area contributed by atoms with Crippen LogP contribution in [0.15, 0.2) is 16.7 Å². The molecule has 0 unspecified atom stereocenters. The van der Waals surface area contributed by atoms with Gasteiger partial charge in [0.05, 0.1) is 10.2 Å². The maximum absolute atomic E-state index is 13.2. The number of aryl methyl sites for hydroxylation is 1. The highest BCUT2D eigenvalue weighted by Gasteiger charge is 2.11. The van der Waals surface area contributed by atoms with Crippen LogP contribution >= 0.6 is 15.9 Å². The standard InChI is InChI=1S/C10H11BrFN3/c1-6-9(2-3-13)15-5-7(12)4-8(11)10(15)14-6/h4-5H,2-3,13H2,1H3. The first-order valence-electron chi connectivity index (χ1n) is 4.66. The smallest absolute Gasteiger partial charge is 0.151 e. The molecule has 0 atom stereocenters. The molecule has 0 spiro atoms. The van der Waals surface area contributed by atoms with Crippen molar-refractivity contribution < 1.29 is 4.39 Å². The van der Waals surface area contributed by atoms with E-state index in [-0.39, 0.29) is 5.82 Å². The van der Waals surface area contributed by atoms with Crippen LogP contribution in [-0.2, 0) is 6.42 Å². The quantitative estimate of drug-likeness (QED) is 0.909. The lowest BCUT2D eigenvalue weighted by Gasteiger charge is -2.02. The summed E-state index contributed by atoms with van der Waals surface area (Å²) >= 11 is 3.29. The Labute approximate surface area is 95.2 Å². The lowest BCUT2D eigenvalue weighted by molar-refractivity contribution is 0.616. The molecule has 2 aromatic rings. The van der Waals surface area contributed by atoms with Crippen LogP contribution in [0.4, 0.5) is 4.39 Å². The maximum Gasteiger partial charge on any atom is 0.151 e. The zero-order valence-electron chi connectivity index (χ0n) is 8.30. The van der Waals surface area contributed by atoms with Gasteiger partial charge in [-0.05, 0) is 35.5 Å². The van der Waals surface area contributed by atoms with Gasteiger partial charge in [-0.15, -0.1) is 0 Å². The third-order valence-corrected chi connectivity index (χ3v) is 2.91. The van der Waals surface area contributed by atoms with Gasteiger partial charge >= 0.3 is 0 Å². The number of halogens is 2. The third kappa shape index (κ3) is 1.77. The first kappa shape index (κ1) is 10.6. The van der Waals surface area contributed by atoms with Gasteiger partial charge < -0.3 is 5.73 Å². The van der Waals surface area contributed by atoms with Crippen molar-refractivity contribution in [1.29, 1.82) is 0 Å². The fourth-order valence-corrected chi connectivity index (χ4v) is 2.17. The van der Waals surface area contributed by atoms with Crippen molar-refractivity contribution in [2.24, 2.45) is 5.73 Å². The van der Waals surface area contributed by atoms with E-state index >= 15 is 0 Å². The van der Waals surface area contributed by atoms with Crippen LogP contribution in [-0.4, -0.2) is 15.9 Å². The highest BCUT2D eigenvalue weighted by Crippen LogP contribution is 2.21. The number of imidazole rings is 1. The van der Waals surface area contributed by atoms with E-state index in [1.54, 1.807) is 4.40 Å². The lowest BCUT2D eigenvalue weighted by Crippen LogP contribution is -2.06. The molecule has 2 N–H and O–H groups in total. The van der Waals surface area contributed by atoms with E-state index in [1.165, 1.54) is 12.3 Å². The molecular formula is C10H11BrFN3. The summed E-state index contributed by atoms with van der Waals surface area (Å²) in [5.41, 5.74) is 8.10. The topological polar surface area (TPSA) is 43.3 Å². The Bertz CT molecular complexity index is 507. The van der Waals surface area contributed by atoms with E-state index in [1.807, 2.05) is 6.92 Å². The van der Waals surface area contributed by atoms with Crippen molar-refractivity contribution in [3.63, 3.8) is 0 Å². The second-order valence-corrected chi connectivity index (χ2v) is 4.24. The van der Waals surface area contributed by atoms with Crippen LogP contribution in [0.25, 0.3) is 5.65 Å². The molecule has 0 bridgehead atoms. The number of rotatable bonds is 2. The molecule has 2 heterocycles. The first-order valence-corrected chi connectivity index (χ1v) is 5.45. The van der Waals surface area contributed by atoms with Gasteiger partial charge in [-0.3, -0.25) is 4.40 Å². The van der Waals surface area contributed by atoms with Crippen molar-refractivity contribution in [2.75, 3.05) is 6.54 Å². The molecule has 5 heteroatoms. The van der Waals surface area contributed by atoms with E-state index in [4.69, 9.17) is 5.73 Å². The summed E-state index contributed by atoms with van der Waals surface area (Å²) in [5.74, 6) is -0.287. The van der Waals surface area contributed by atoms with Crippen LogP contribution < -0.4 is 5.73 Å². The Balaban J connectivity index is 2.74. The molecule has 3 nitrogen and oxygen atoms in total. The van der Waals surface area contributed by atoms with Gasteiger partial charge in [-0.2, -0.15) is 0 Å². The molecule has 15 heavy (non-hydrogen) atoms. The number of aromatic nitrogens is 2. The molecule has 80 valence electrons. The van der Waals surface area contributed by atoms with Crippen LogP contribution in [0, 0.1) is 12.7 Å². The summed E-state index contributed by atoms with van der Waals surface area (Å²) in [5, 5.41) is 0. The van der Waals surface area contributed by atoms with E-state index in [0.29, 0.717) is 17.4 Å². The Morgan fingerprint density at radius 3 is 3.00 bits per heavy atom. The summed E-state index contributed by atoms with van der Waals surface area (Å²) in [7, 11) is 0. The molecule has 0 aliphatic rings. The normalized spacial score (nSPS) is 11.2. The average Bonchev–Trinajstić information content (AvgIpc) is 2.46. The molecule has 0 radical (unpaired) electrons. The second kappa shape index (κ2) is 3.90. The number of fused-ring (bicyclic) bond motifs is 1. The van der Waals surface area contributed by atoms with E-state index < -0.39 is 0 Å². The van der Waals surface area contributed by atoms with Crippen LogP contribution in [0.5, 0.6) is 0 Å². The summed E-state index contributed by atoms with van der Waals surface area (Å²) < 4.78 is 15.6. The molecule has 0 aliphatic heterocycles. The largest absolute Gasteiger partial charge is 0.330 e. The molecule has 0 saturated carbocycles. The fourth-order valence-electron chi connectivity index (χ4n) is 1.67. The second-order valence-electron chi connectivity index (χ2n) is 3.38. The van der Waals surface area contributed by atoms with E-state index in [2.05, 4.69) is 20.9 Å². The molecule has 0 amide bonds. The van der Waals surface area contributed by atoms with Gasteiger partial charge in [0, 0.05) is 18.3 Å². The Kier molecular flexibility index (Phi) is 2.75. The third-order valence-electron chi connectivity index (χ3n) is 2.32. The number of hydrogen-bond donors (Lipinski definition) is 1. The molecule has 0 aliphatic carbocycles. The SMILES string of the molecule is Cc1nc2c(Br)cc(F)cn2c1CCN. The van der Waals surface area contributed by atoms with Gasteiger partial charge in [-0.1, -0.05) is 0 Å². The van der Waals surface area contributed by atoms with E-state index in [0.717, 1.165) is 17.0 Å². The Hall–Kier alpha value is -0.940. The monoisotopic (exact) mass is 271 g/mol. The van der Waals surface area contributed by atoms with Crippen molar-refractivity contribution >= 4 is 21.6 Å². The minimum atomic E-state index is -0.287. The zero-order chi connectivity index (χ0) is 11.0. The molecule has 0 fully saturated rings. The van der Waals surface area contributed by atoms with Crippen molar-refractivity contribution in [1.82, 2.24) is 9.38 Å². The molecule has 2 aromatic heterocycles. The van der Waals surface area contributed by atoms with Gasteiger partial charge in [0.15, 0.2) is 5.65 Å². The minimum absolute atomic E-state index is 0.287. The number of hydrogen-bond acceptors (Lipinski definition) is 2. The van der Waals surface area contributed by atoms with Gasteiger partial charge in [-0.25, -0.2) is 9.37 Å². The van der Waals surface area contributed by atoms with Crippen LogP contribution in [0.3, 0.4) is 0 Å². The molecule has 0 aromatic carbocycles. The minimum Gasteiger partial charge on any atom is -0.330 e. The lowest BCUT2D eigenvalue weighted by atomic mass is 10.2. The predicted octanol–water partition coefficient (Wildman–Crippen LogP) is 2.05. The van der Waals surface area contributed by atoms with Gasteiger partial charge in [0.25, 0.3) is 0 Å². The maximum atomic E-state index is 13.2. The predicted molar refractivity (Wildman–Crippen MR) is 60.3 cm³/mol. The van der Waals surface area contributed by atoms with Gasteiger partial charge in [0.2, 0.25) is 0 Å². The summed E-state index contributed by atoms with van der Waals surface area (Å²) in [6.45, 7) is 2.44. The van der Waals surface area contributed by atoms with Crippen molar-refractivity contribution in [3.8, 4) is 0 Å². The van der Waals surface area contributed by atoms with Crippen molar-refractivity contribution in [3.05, 3.63) is 33.9 Å². The highest BCUT2D eigenvalue weighted by molar-refractivity contribution is 9.10. The number of nitrogens with two attached hydrogens (primary N) is 1. The first-order chi connectivity index (χ1) is 7.13. The number of pyridine rings is 1. The van der Waals surface area contributed by atoms with E-state index in [9.17, 15) is 4.39 Å². The van der Waals surface area contributed by atoms with Crippen LogP contribution in [0.1, 0.15) is 11.4 Å². The zero-order valence-corrected chi connectivity index (χ0v) is 9.88.